The standard InChI is InChI=1S/C12H19NOS/c1-5-13-10(12(2,3)4)7-6-9(8-15)11(13)14/h6-7,15H,5,8H2,1-4H3. The number of thiol groups is 1. The number of nitrogens with zero attached hydrogens (tertiary/aromatic N) is 1. The smallest absolute Gasteiger partial charge is 0.254 e. The second-order valence-corrected chi connectivity index (χ2v) is 5.02. The van der Waals surface area contributed by atoms with Gasteiger partial charge in [0.1, 0.15) is 0 Å². The molecule has 0 radical (unpaired) electrons. The Morgan fingerprint density at radius 1 is 1.33 bits per heavy atom. The minimum absolute atomic E-state index is 0.00426. The summed E-state index contributed by atoms with van der Waals surface area (Å²) in [4.78, 5) is 12.0. The lowest BCUT2D eigenvalue weighted by Crippen LogP contribution is -2.30. The Balaban J connectivity index is 3.45. The lowest BCUT2D eigenvalue weighted by atomic mass is 9.91. The lowest BCUT2D eigenvalue weighted by molar-refractivity contribution is 0.509. The lowest BCUT2D eigenvalue weighted by Gasteiger charge is -2.24. The first-order valence-electron chi connectivity index (χ1n) is 5.26. The number of hydrogen-bond acceptors (Lipinski definition) is 2. The Morgan fingerprint density at radius 3 is 2.33 bits per heavy atom. The zero-order chi connectivity index (χ0) is 11.6. The van der Waals surface area contributed by atoms with Crippen molar-refractivity contribution in [3.05, 3.63) is 33.7 Å². The van der Waals surface area contributed by atoms with Crippen LogP contribution in [0.2, 0.25) is 0 Å². The number of aromatic nitrogens is 1. The van der Waals surface area contributed by atoms with E-state index in [0.29, 0.717) is 12.3 Å². The summed E-state index contributed by atoms with van der Waals surface area (Å²) in [5.41, 5.74) is 1.96. The summed E-state index contributed by atoms with van der Waals surface area (Å²) in [6, 6.07) is 3.93. The van der Waals surface area contributed by atoms with Crippen LogP contribution in [0.4, 0.5) is 0 Å². The molecule has 0 saturated carbocycles. The van der Waals surface area contributed by atoms with Crippen LogP contribution < -0.4 is 5.56 Å². The maximum absolute atomic E-state index is 12.0. The summed E-state index contributed by atoms with van der Waals surface area (Å²) in [7, 11) is 0. The monoisotopic (exact) mass is 225 g/mol. The van der Waals surface area contributed by atoms with Crippen molar-refractivity contribution in [3.63, 3.8) is 0 Å². The first kappa shape index (κ1) is 12.4. The van der Waals surface area contributed by atoms with Gasteiger partial charge in [0.15, 0.2) is 0 Å². The quantitative estimate of drug-likeness (QED) is 0.768. The van der Waals surface area contributed by atoms with Crippen molar-refractivity contribution >= 4 is 12.6 Å². The van der Waals surface area contributed by atoms with E-state index < -0.39 is 0 Å². The van der Waals surface area contributed by atoms with Crippen molar-refractivity contribution in [2.24, 2.45) is 0 Å². The fourth-order valence-corrected chi connectivity index (χ4v) is 1.95. The highest BCUT2D eigenvalue weighted by atomic mass is 32.1. The normalized spacial score (nSPS) is 11.8. The zero-order valence-electron chi connectivity index (χ0n) is 9.87. The van der Waals surface area contributed by atoms with Crippen LogP contribution in [-0.4, -0.2) is 4.57 Å². The summed E-state index contributed by atoms with van der Waals surface area (Å²) < 4.78 is 1.84. The van der Waals surface area contributed by atoms with Gasteiger partial charge in [0, 0.05) is 29.0 Å². The van der Waals surface area contributed by atoms with E-state index in [1.54, 1.807) is 0 Å². The SMILES string of the molecule is CCn1c(C(C)(C)C)ccc(CS)c1=O. The maximum atomic E-state index is 12.0. The van der Waals surface area contributed by atoms with Gasteiger partial charge in [0.05, 0.1) is 0 Å². The van der Waals surface area contributed by atoms with Crippen LogP contribution in [0.5, 0.6) is 0 Å². The average molecular weight is 225 g/mol. The Kier molecular flexibility index (Phi) is 3.66. The molecule has 0 unspecified atom stereocenters. The first-order chi connectivity index (χ1) is 6.91. The Morgan fingerprint density at radius 2 is 1.93 bits per heavy atom. The third-order valence-corrected chi connectivity index (χ3v) is 2.85. The van der Waals surface area contributed by atoms with E-state index in [1.807, 2.05) is 23.6 Å². The van der Waals surface area contributed by atoms with Crippen molar-refractivity contribution in [1.29, 1.82) is 0 Å². The molecule has 0 bridgehead atoms. The van der Waals surface area contributed by atoms with Gasteiger partial charge in [-0.1, -0.05) is 26.8 Å². The molecule has 0 amide bonds. The highest BCUT2D eigenvalue weighted by Gasteiger charge is 2.18. The molecule has 0 fully saturated rings. The largest absolute Gasteiger partial charge is 0.312 e. The van der Waals surface area contributed by atoms with Crippen molar-refractivity contribution in [2.45, 2.75) is 45.4 Å². The fourth-order valence-electron chi connectivity index (χ4n) is 1.71. The van der Waals surface area contributed by atoms with Gasteiger partial charge >= 0.3 is 0 Å². The van der Waals surface area contributed by atoms with Crippen molar-refractivity contribution in [3.8, 4) is 0 Å². The summed E-state index contributed by atoms with van der Waals surface area (Å²) in [6.45, 7) is 9.07. The molecule has 3 heteroatoms. The molecule has 15 heavy (non-hydrogen) atoms. The molecule has 0 atom stereocenters. The molecule has 2 nitrogen and oxygen atoms in total. The average Bonchev–Trinajstić information content (AvgIpc) is 2.15. The van der Waals surface area contributed by atoms with Crippen LogP contribution in [0.3, 0.4) is 0 Å². The third kappa shape index (κ3) is 2.46. The minimum Gasteiger partial charge on any atom is -0.312 e. The van der Waals surface area contributed by atoms with E-state index in [2.05, 4.69) is 33.4 Å². The second-order valence-electron chi connectivity index (χ2n) is 4.70. The molecule has 0 N–H and O–H groups in total. The predicted molar refractivity (Wildman–Crippen MR) is 67.8 cm³/mol. The van der Waals surface area contributed by atoms with Gasteiger partial charge in [-0.3, -0.25) is 4.79 Å². The molecule has 0 aliphatic carbocycles. The third-order valence-electron chi connectivity index (χ3n) is 2.51. The van der Waals surface area contributed by atoms with E-state index in [-0.39, 0.29) is 11.0 Å². The molecule has 84 valence electrons. The van der Waals surface area contributed by atoms with Gasteiger partial charge < -0.3 is 4.57 Å². The summed E-state index contributed by atoms with van der Waals surface area (Å²) >= 11 is 4.16. The number of hydrogen-bond donors (Lipinski definition) is 1. The van der Waals surface area contributed by atoms with Crippen molar-refractivity contribution in [1.82, 2.24) is 4.57 Å². The van der Waals surface area contributed by atoms with Crippen molar-refractivity contribution < 1.29 is 0 Å². The second kappa shape index (κ2) is 4.44. The maximum Gasteiger partial charge on any atom is 0.254 e. The van der Waals surface area contributed by atoms with Gasteiger partial charge in [0.25, 0.3) is 5.56 Å². The molecule has 1 aromatic rings. The van der Waals surface area contributed by atoms with Crippen LogP contribution in [-0.2, 0) is 17.7 Å². The Hall–Kier alpha value is -0.700. The van der Waals surface area contributed by atoms with Crippen LogP contribution >= 0.6 is 12.6 Å². The van der Waals surface area contributed by atoms with E-state index in [1.165, 1.54) is 0 Å². The van der Waals surface area contributed by atoms with E-state index in [0.717, 1.165) is 11.3 Å². The van der Waals surface area contributed by atoms with Crippen LogP contribution in [0.25, 0.3) is 0 Å². The number of rotatable bonds is 2. The number of pyridine rings is 1. The topological polar surface area (TPSA) is 22.0 Å². The molecule has 0 aliphatic heterocycles. The van der Waals surface area contributed by atoms with E-state index in [9.17, 15) is 4.79 Å². The molecule has 1 heterocycles. The highest BCUT2D eigenvalue weighted by molar-refractivity contribution is 7.79. The predicted octanol–water partition coefficient (Wildman–Crippen LogP) is 2.60. The Bertz CT molecular complexity index is 401. The molecule has 0 aromatic carbocycles. The van der Waals surface area contributed by atoms with Crippen LogP contribution in [0.1, 0.15) is 39.0 Å². The molecule has 0 spiro atoms. The van der Waals surface area contributed by atoms with Crippen LogP contribution in [0, 0.1) is 0 Å². The van der Waals surface area contributed by atoms with Gasteiger partial charge in [-0.05, 0) is 13.0 Å². The molecule has 0 aliphatic rings. The van der Waals surface area contributed by atoms with E-state index in [4.69, 9.17) is 0 Å². The van der Waals surface area contributed by atoms with Crippen LogP contribution in [0.15, 0.2) is 16.9 Å². The van der Waals surface area contributed by atoms with Gasteiger partial charge in [-0.2, -0.15) is 12.6 Å². The summed E-state index contributed by atoms with van der Waals surface area (Å²) in [5, 5.41) is 0. The molecule has 1 rings (SSSR count). The summed E-state index contributed by atoms with van der Waals surface area (Å²) in [5.74, 6) is 0.503. The minimum atomic E-state index is 0.00426. The molecule has 0 saturated heterocycles. The van der Waals surface area contributed by atoms with E-state index >= 15 is 0 Å². The van der Waals surface area contributed by atoms with Gasteiger partial charge in [0.2, 0.25) is 0 Å². The zero-order valence-corrected chi connectivity index (χ0v) is 10.8. The van der Waals surface area contributed by atoms with Gasteiger partial charge in [-0.25, -0.2) is 0 Å². The summed E-state index contributed by atoms with van der Waals surface area (Å²) in [6.07, 6.45) is 0. The molecule has 1 aromatic heterocycles. The molecular formula is C12H19NOS. The fraction of sp³-hybridized carbons (Fsp3) is 0.583. The van der Waals surface area contributed by atoms with Crippen molar-refractivity contribution in [2.75, 3.05) is 0 Å². The van der Waals surface area contributed by atoms with Gasteiger partial charge in [-0.15, -0.1) is 0 Å². The first-order valence-corrected chi connectivity index (χ1v) is 5.89. The Labute approximate surface area is 96.7 Å². The highest BCUT2D eigenvalue weighted by Crippen LogP contribution is 2.21. The molecular weight excluding hydrogens is 206 g/mol.